The smallest absolute Gasteiger partial charge is 0.141 e. The molecular formula is C10H16O2. The number of carbonyl (C=O) groups is 1. The third-order valence-corrected chi connectivity index (χ3v) is 3.00. The zero-order valence-corrected chi connectivity index (χ0v) is 7.96. The summed E-state index contributed by atoms with van der Waals surface area (Å²) in [5.74, 6) is 0.352. The van der Waals surface area contributed by atoms with E-state index in [4.69, 9.17) is 4.74 Å². The maximum absolute atomic E-state index is 11.5. The van der Waals surface area contributed by atoms with Crippen LogP contribution in [0.15, 0.2) is 12.7 Å². The van der Waals surface area contributed by atoms with Gasteiger partial charge in [0, 0.05) is 18.9 Å². The lowest BCUT2D eigenvalue weighted by Crippen LogP contribution is -2.33. The van der Waals surface area contributed by atoms with Crippen molar-refractivity contribution in [3.63, 3.8) is 0 Å². The van der Waals surface area contributed by atoms with Crippen LogP contribution in [0, 0.1) is 11.8 Å². The molecule has 1 fully saturated rings. The molecule has 3 atom stereocenters. The van der Waals surface area contributed by atoms with E-state index in [0.717, 1.165) is 6.42 Å². The van der Waals surface area contributed by atoms with Crippen LogP contribution in [0.25, 0.3) is 0 Å². The monoisotopic (exact) mass is 168 g/mol. The number of methoxy groups -OCH3 is 1. The summed E-state index contributed by atoms with van der Waals surface area (Å²) in [7, 11) is 1.64. The van der Waals surface area contributed by atoms with Crippen molar-refractivity contribution < 1.29 is 9.53 Å². The summed E-state index contributed by atoms with van der Waals surface area (Å²) in [6, 6.07) is 0. The molecule has 0 aromatic rings. The van der Waals surface area contributed by atoms with Crippen molar-refractivity contribution in [2.45, 2.75) is 25.9 Å². The van der Waals surface area contributed by atoms with Gasteiger partial charge in [0.25, 0.3) is 0 Å². The molecule has 0 aromatic heterocycles. The van der Waals surface area contributed by atoms with Gasteiger partial charge in [-0.15, -0.1) is 6.58 Å². The first-order valence-corrected chi connectivity index (χ1v) is 4.30. The first-order valence-electron chi connectivity index (χ1n) is 4.30. The minimum atomic E-state index is -0.406. The van der Waals surface area contributed by atoms with Gasteiger partial charge in [0.2, 0.25) is 0 Å². The second-order valence-electron chi connectivity index (χ2n) is 3.59. The van der Waals surface area contributed by atoms with Crippen LogP contribution < -0.4 is 0 Å². The predicted molar refractivity (Wildman–Crippen MR) is 47.9 cm³/mol. The lowest BCUT2D eigenvalue weighted by atomic mass is 9.92. The van der Waals surface area contributed by atoms with Crippen molar-refractivity contribution in [1.82, 2.24) is 0 Å². The first kappa shape index (κ1) is 9.46. The van der Waals surface area contributed by atoms with Crippen molar-refractivity contribution in [3.05, 3.63) is 12.7 Å². The van der Waals surface area contributed by atoms with Crippen molar-refractivity contribution >= 4 is 5.78 Å². The highest BCUT2D eigenvalue weighted by Crippen LogP contribution is 2.39. The third-order valence-electron chi connectivity index (χ3n) is 3.00. The molecular weight excluding hydrogens is 152 g/mol. The first-order chi connectivity index (χ1) is 5.57. The van der Waals surface area contributed by atoms with Crippen LogP contribution in [0.5, 0.6) is 0 Å². The Balaban J connectivity index is 2.94. The zero-order valence-electron chi connectivity index (χ0n) is 7.96. The van der Waals surface area contributed by atoms with Crippen molar-refractivity contribution in [2.24, 2.45) is 11.8 Å². The van der Waals surface area contributed by atoms with Crippen LogP contribution in [0.1, 0.15) is 20.3 Å². The van der Waals surface area contributed by atoms with Gasteiger partial charge >= 0.3 is 0 Å². The van der Waals surface area contributed by atoms with Crippen LogP contribution in [-0.2, 0) is 9.53 Å². The fraction of sp³-hybridized carbons (Fsp3) is 0.700. The summed E-state index contributed by atoms with van der Waals surface area (Å²) in [6.07, 6.45) is 2.53. The van der Waals surface area contributed by atoms with E-state index in [2.05, 4.69) is 6.58 Å². The lowest BCUT2D eigenvalue weighted by Gasteiger charge is -2.27. The summed E-state index contributed by atoms with van der Waals surface area (Å²) in [5.41, 5.74) is -0.406. The van der Waals surface area contributed by atoms with Crippen molar-refractivity contribution in [1.29, 1.82) is 0 Å². The van der Waals surface area contributed by atoms with Crippen LogP contribution in [0.4, 0.5) is 0 Å². The van der Waals surface area contributed by atoms with Gasteiger partial charge in [-0.2, -0.15) is 0 Å². The molecule has 12 heavy (non-hydrogen) atoms. The molecule has 1 aliphatic carbocycles. The van der Waals surface area contributed by atoms with E-state index in [1.807, 2.05) is 13.8 Å². The second-order valence-corrected chi connectivity index (χ2v) is 3.59. The lowest BCUT2D eigenvalue weighted by molar-refractivity contribution is -0.125. The molecule has 0 saturated heterocycles. The molecule has 0 spiro atoms. The van der Waals surface area contributed by atoms with Crippen LogP contribution in [0.2, 0.25) is 0 Å². The number of ketones is 1. The summed E-state index contributed by atoms with van der Waals surface area (Å²) in [4.78, 5) is 11.5. The molecule has 0 N–H and O–H groups in total. The zero-order chi connectivity index (χ0) is 9.35. The molecule has 3 unspecified atom stereocenters. The Morgan fingerprint density at radius 2 is 2.25 bits per heavy atom. The summed E-state index contributed by atoms with van der Waals surface area (Å²) in [5, 5.41) is 0. The minimum Gasteiger partial charge on any atom is -0.373 e. The number of Topliss-reactive ketones (excluding diaryl/α,β-unsaturated/α-hetero) is 1. The molecule has 0 radical (unpaired) electrons. The molecule has 68 valence electrons. The summed E-state index contributed by atoms with van der Waals surface area (Å²) in [6.45, 7) is 7.59. The van der Waals surface area contributed by atoms with E-state index in [9.17, 15) is 4.79 Å². The molecule has 0 bridgehead atoms. The Morgan fingerprint density at radius 1 is 1.67 bits per heavy atom. The van der Waals surface area contributed by atoms with E-state index in [1.165, 1.54) is 0 Å². The quantitative estimate of drug-likeness (QED) is 0.588. The van der Waals surface area contributed by atoms with Crippen molar-refractivity contribution in [3.8, 4) is 0 Å². The molecule has 2 heteroatoms. The van der Waals surface area contributed by atoms with Gasteiger partial charge in [0.05, 0.1) is 5.60 Å². The highest BCUT2D eigenvalue weighted by molar-refractivity contribution is 5.87. The van der Waals surface area contributed by atoms with E-state index in [1.54, 1.807) is 13.2 Å². The average molecular weight is 168 g/mol. The highest BCUT2D eigenvalue weighted by Gasteiger charge is 2.47. The van der Waals surface area contributed by atoms with Gasteiger partial charge < -0.3 is 4.74 Å². The number of hydrogen-bond donors (Lipinski definition) is 0. The number of hydrogen-bond acceptors (Lipinski definition) is 2. The fourth-order valence-electron chi connectivity index (χ4n) is 2.03. The standard InChI is InChI=1S/C10H16O2/c1-5-10(12-4)6-7(2)9(11)8(10)3/h5,7-8H,1,6H2,2-4H3. The normalized spacial score (nSPS) is 41.8. The van der Waals surface area contributed by atoms with Crippen molar-refractivity contribution in [2.75, 3.05) is 7.11 Å². The predicted octanol–water partition coefficient (Wildman–Crippen LogP) is 1.80. The largest absolute Gasteiger partial charge is 0.373 e. The molecule has 0 aromatic carbocycles. The Kier molecular flexibility index (Phi) is 2.38. The molecule has 1 aliphatic rings. The van der Waals surface area contributed by atoms with Gasteiger partial charge in [-0.25, -0.2) is 0 Å². The van der Waals surface area contributed by atoms with Gasteiger partial charge in [0.1, 0.15) is 5.78 Å². The average Bonchev–Trinajstić information content (AvgIpc) is 2.30. The van der Waals surface area contributed by atoms with Crippen LogP contribution in [-0.4, -0.2) is 18.5 Å². The molecule has 2 nitrogen and oxygen atoms in total. The summed E-state index contributed by atoms with van der Waals surface area (Å²) < 4.78 is 5.36. The molecule has 0 amide bonds. The summed E-state index contributed by atoms with van der Waals surface area (Å²) >= 11 is 0. The Morgan fingerprint density at radius 3 is 2.42 bits per heavy atom. The van der Waals surface area contributed by atoms with Crippen LogP contribution in [0.3, 0.4) is 0 Å². The topological polar surface area (TPSA) is 26.3 Å². The molecule has 1 rings (SSSR count). The molecule has 0 heterocycles. The third kappa shape index (κ3) is 1.11. The van der Waals surface area contributed by atoms with Gasteiger partial charge in [-0.05, 0) is 6.42 Å². The maximum atomic E-state index is 11.5. The van der Waals surface area contributed by atoms with Gasteiger partial charge in [-0.3, -0.25) is 4.79 Å². The van der Waals surface area contributed by atoms with E-state index in [0.29, 0.717) is 0 Å². The highest BCUT2D eigenvalue weighted by atomic mass is 16.5. The molecule has 0 aliphatic heterocycles. The Labute approximate surface area is 73.6 Å². The second kappa shape index (κ2) is 3.02. The number of ether oxygens (including phenoxy) is 1. The SMILES string of the molecule is C=CC1(OC)CC(C)C(=O)C1C. The minimum absolute atomic E-state index is 0.0463. The van der Waals surface area contributed by atoms with Gasteiger partial charge in [0.15, 0.2) is 0 Å². The number of carbonyl (C=O) groups excluding carboxylic acids is 1. The Bertz CT molecular complexity index is 210. The van der Waals surface area contributed by atoms with E-state index >= 15 is 0 Å². The Hall–Kier alpha value is -0.630. The van der Waals surface area contributed by atoms with Crippen LogP contribution >= 0.6 is 0 Å². The fourth-order valence-corrected chi connectivity index (χ4v) is 2.03. The molecule has 1 saturated carbocycles. The number of rotatable bonds is 2. The van der Waals surface area contributed by atoms with E-state index < -0.39 is 5.60 Å². The maximum Gasteiger partial charge on any atom is 0.141 e. The van der Waals surface area contributed by atoms with E-state index in [-0.39, 0.29) is 17.6 Å². The van der Waals surface area contributed by atoms with Gasteiger partial charge in [-0.1, -0.05) is 19.9 Å².